The molecular formula is C12H12F2N2O2. The summed E-state index contributed by atoms with van der Waals surface area (Å²) in [5.74, 6) is -3.74. The zero-order valence-corrected chi connectivity index (χ0v) is 10.2. The molecule has 18 heavy (non-hydrogen) atoms. The van der Waals surface area contributed by atoms with Crippen molar-refractivity contribution >= 4 is 11.6 Å². The van der Waals surface area contributed by atoms with Crippen molar-refractivity contribution < 1.29 is 18.3 Å². The van der Waals surface area contributed by atoms with Crippen LogP contribution in [0.3, 0.4) is 0 Å². The summed E-state index contributed by atoms with van der Waals surface area (Å²) in [6.45, 7) is 2.47. The molecule has 0 unspecified atom stereocenters. The van der Waals surface area contributed by atoms with E-state index in [2.05, 4.69) is 9.72 Å². The number of carbonyl (C=O) groups is 1. The monoisotopic (exact) mass is 254 g/mol. The van der Waals surface area contributed by atoms with Crippen LogP contribution in [-0.2, 0) is 10.7 Å². The molecule has 0 saturated carbocycles. The molecule has 0 saturated heterocycles. The molecule has 96 valence electrons. The zero-order valence-electron chi connectivity index (χ0n) is 10.2. The van der Waals surface area contributed by atoms with Gasteiger partial charge in [-0.3, -0.25) is 0 Å². The Morgan fingerprint density at radius 3 is 2.67 bits per heavy atom. The van der Waals surface area contributed by atoms with Crippen LogP contribution in [0.5, 0.6) is 0 Å². The van der Waals surface area contributed by atoms with Gasteiger partial charge in [-0.05, 0) is 13.0 Å². The summed E-state index contributed by atoms with van der Waals surface area (Å²) in [6.07, 6.45) is 3.01. The third-order valence-corrected chi connectivity index (χ3v) is 2.57. The summed E-state index contributed by atoms with van der Waals surface area (Å²) in [6, 6.07) is 1.12. The Morgan fingerprint density at radius 2 is 2.11 bits per heavy atom. The van der Waals surface area contributed by atoms with E-state index >= 15 is 0 Å². The molecule has 6 heteroatoms. The largest absolute Gasteiger partial charge is 0.465 e. The number of fused-ring (bicyclic) bond motifs is 1. The van der Waals surface area contributed by atoms with E-state index in [1.807, 2.05) is 0 Å². The second-order valence-corrected chi connectivity index (χ2v) is 4.14. The van der Waals surface area contributed by atoms with E-state index in [0.29, 0.717) is 5.69 Å². The van der Waals surface area contributed by atoms with Crippen LogP contribution in [0.2, 0.25) is 0 Å². The third-order valence-electron chi connectivity index (χ3n) is 2.57. The smallest absolute Gasteiger partial charge is 0.339 e. The van der Waals surface area contributed by atoms with Gasteiger partial charge in [0.15, 0.2) is 0 Å². The lowest BCUT2D eigenvalue weighted by Crippen LogP contribution is -2.13. The number of aryl methyl sites for hydroxylation is 1. The lowest BCUT2D eigenvalue weighted by molar-refractivity contribution is 0.0184. The number of hydrogen-bond donors (Lipinski definition) is 0. The normalized spacial score (nSPS) is 11.8. The summed E-state index contributed by atoms with van der Waals surface area (Å²) in [7, 11) is 1.20. The second kappa shape index (κ2) is 4.04. The molecule has 0 bridgehead atoms. The van der Waals surface area contributed by atoms with Gasteiger partial charge >= 0.3 is 5.97 Å². The molecular weight excluding hydrogens is 242 g/mol. The summed E-state index contributed by atoms with van der Waals surface area (Å²) in [5, 5.41) is 0. The Labute approximate surface area is 102 Å². The van der Waals surface area contributed by atoms with Crippen LogP contribution in [-0.4, -0.2) is 22.5 Å². The van der Waals surface area contributed by atoms with Gasteiger partial charge in [-0.15, -0.1) is 0 Å². The molecule has 4 nitrogen and oxygen atoms in total. The number of hydrogen-bond acceptors (Lipinski definition) is 3. The number of imidazole rings is 1. The number of rotatable bonds is 2. The maximum Gasteiger partial charge on any atom is 0.339 e. The molecule has 0 N–H and O–H groups in total. The minimum absolute atomic E-state index is 0.0684. The fraction of sp³-hybridized carbons (Fsp3) is 0.333. The van der Waals surface area contributed by atoms with Gasteiger partial charge in [0, 0.05) is 19.3 Å². The Morgan fingerprint density at radius 1 is 1.44 bits per heavy atom. The number of pyridine rings is 1. The van der Waals surface area contributed by atoms with Crippen LogP contribution >= 0.6 is 0 Å². The van der Waals surface area contributed by atoms with Crippen molar-refractivity contribution in [3.63, 3.8) is 0 Å². The molecule has 2 aromatic heterocycles. The number of aromatic nitrogens is 2. The van der Waals surface area contributed by atoms with Crippen LogP contribution in [0.25, 0.3) is 5.65 Å². The molecule has 0 atom stereocenters. The SMILES string of the molecule is COC(=O)c1cc(C(C)(F)F)c2nc(C)cn2c1. The Bertz CT molecular complexity index is 614. The van der Waals surface area contributed by atoms with Crippen molar-refractivity contribution in [2.75, 3.05) is 7.11 Å². The van der Waals surface area contributed by atoms with Crippen LogP contribution < -0.4 is 0 Å². The lowest BCUT2D eigenvalue weighted by Gasteiger charge is -2.13. The number of halogens is 2. The van der Waals surface area contributed by atoms with Crippen molar-refractivity contribution in [1.82, 2.24) is 9.38 Å². The Balaban J connectivity index is 2.76. The molecule has 2 rings (SSSR count). The van der Waals surface area contributed by atoms with Gasteiger partial charge in [0.1, 0.15) is 5.65 Å². The fourth-order valence-electron chi connectivity index (χ4n) is 1.77. The van der Waals surface area contributed by atoms with Crippen molar-refractivity contribution in [2.24, 2.45) is 0 Å². The standard InChI is InChI=1S/C12H12F2N2O2/c1-7-5-16-6-8(11(17)18-3)4-9(10(16)15-7)12(2,13)14/h4-6H,1-3H3. The first-order valence-electron chi connectivity index (χ1n) is 5.29. The van der Waals surface area contributed by atoms with Crippen molar-refractivity contribution in [3.8, 4) is 0 Å². The van der Waals surface area contributed by atoms with Crippen molar-refractivity contribution in [3.05, 3.63) is 35.3 Å². The molecule has 0 fully saturated rings. The predicted molar refractivity (Wildman–Crippen MR) is 60.8 cm³/mol. The number of nitrogens with zero attached hydrogens (tertiary/aromatic N) is 2. The number of ether oxygens (including phenoxy) is 1. The number of esters is 1. The van der Waals surface area contributed by atoms with Crippen molar-refractivity contribution in [1.29, 1.82) is 0 Å². The number of alkyl halides is 2. The van der Waals surface area contributed by atoms with Gasteiger partial charge in [0.25, 0.3) is 5.92 Å². The molecule has 0 aliphatic rings. The first kappa shape index (κ1) is 12.5. The predicted octanol–water partition coefficient (Wildman–Crippen LogP) is 2.54. The first-order valence-corrected chi connectivity index (χ1v) is 5.29. The van der Waals surface area contributed by atoms with E-state index in [9.17, 15) is 13.6 Å². The average molecular weight is 254 g/mol. The fourth-order valence-corrected chi connectivity index (χ4v) is 1.77. The third kappa shape index (κ3) is 2.05. The minimum Gasteiger partial charge on any atom is -0.465 e. The van der Waals surface area contributed by atoms with Crippen molar-refractivity contribution in [2.45, 2.75) is 19.8 Å². The number of methoxy groups -OCH3 is 1. The molecule has 0 spiro atoms. The average Bonchev–Trinajstić information content (AvgIpc) is 2.65. The lowest BCUT2D eigenvalue weighted by atomic mass is 10.1. The van der Waals surface area contributed by atoms with Gasteiger partial charge < -0.3 is 9.14 Å². The zero-order chi connectivity index (χ0) is 13.5. The molecule has 0 amide bonds. The van der Waals surface area contributed by atoms with Gasteiger partial charge in [-0.25, -0.2) is 18.6 Å². The number of carbonyl (C=O) groups excluding carboxylic acids is 1. The minimum atomic E-state index is -3.08. The van der Waals surface area contributed by atoms with Gasteiger partial charge in [0.05, 0.1) is 23.9 Å². The Kier molecular flexibility index (Phi) is 2.80. The Hall–Kier alpha value is -1.98. The van der Waals surface area contributed by atoms with E-state index in [-0.39, 0.29) is 16.8 Å². The molecule has 0 radical (unpaired) electrons. The highest BCUT2D eigenvalue weighted by Gasteiger charge is 2.29. The van der Waals surface area contributed by atoms with Crippen LogP contribution in [0, 0.1) is 6.92 Å². The molecule has 2 heterocycles. The van der Waals surface area contributed by atoms with Crippen LogP contribution in [0.15, 0.2) is 18.5 Å². The van der Waals surface area contributed by atoms with Gasteiger partial charge in [-0.2, -0.15) is 0 Å². The van der Waals surface area contributed by atoms with Crippen LogP contribution in [0.4, 0.5) is 8.78 Å². The molecule has 0 aromatic carbocycles. The maximum atomic E-state index is 13.5. The van der Waals surface area contributed by atoms with E-state index in [0.717, 1.165) is 13.0 Å². The van der Waals surface area contributed by atoms with Crippen LogP contribution in [0.1, 0.15) is 28.5 Å². The van der Waals surface area contributed by atoms with E-state index in [1.165, 1.54) is 17.7 Å². The molecule has 0 aliphatic heterocycles. The van der Waals surface area contributed by atoms with Gasteiger partial charge in [-0.1, -0.05) is 0 Å². The summed E-state index contributed by atoms with van der Waals surface area (Å²) in [4.78, 5) is 15.5. The summed E-state index contributed by atoms with van der Waals surface area (Å²) >= 11 is 0. The highest BCUT2D eigenvalue weighted by Crippen LogP contribution is 2.31. The molecule has 0 aliphatic carbocycles. The molecule has 2 aromatic rings. The maximum absolute atomic E-state index is 13.5. The highest BCUT2D eigenvalue weighted by atomic mass is 19.3. The van der Waals surface area contributed by atoms with E-state index < -0.39 is 11.9 Å². The first-order chi connectivity index (χ1) is 8.32. The van der Waals surface area contributed by atoms with E-state index in [4.69, 9.17) is 0 Å². The second-order valence-electron chi connectivity index (χ2n) is 4.14. The van der Waals surface area contributed by atoms with Gasteiger partial charge in [0.2, 0.25) is 0 Å². The summed E-state index contributed by atoms with van der Waals surface area (Å²) < 4.78 is 33.0. The summed E-state index contributed by atoms with van der Waals surface area (Å²) in [5.41, 5.74) is 0.521. The quantitative estimate of drug-likeness (QED) is 0.773. The topological polar surface area (TPSA) is 43.6 Å². The highest BCUT2D eigenvalue weighted by molar-refractivity contribution is 5.89. The van der Waals surface area contributed by atoms with E-state index in [1.54, 1.807) is 13.1 Å².